The van der Waals surface area contributed by atoms with Crippen LogP contribution in [0.3, 0.4) is 0 Å². The number of benzene rings is 2. The lowest BCUT2D eigenvalue weighted by Gasteiger charge is -2.35. The van der Waals surface area contributed by atoms with Gasteiger partial charge in [0.2, 0.25) is 0 Å². The first-order valence-corrected chi connectivity index (χ1v) is 11.6. The number of fused-ring (bicyclic) bond motifs is 1. The molecule has 0 fully saturated rings. The molecule has 0 saturated heterocycles. The van der Waals surface area contributed by atoms with Crippen LogP contribution in [0.5, 0.6) is 0 Å². The van der Waals surface area contributed by atoms with E-state index in [1.807, 2.05) is 11.6 Å². The Hall–Kier alpha value is -3.38. The monoisotopic (exact) mass is 441 g/mol. The van der Waals surface area contributed by atoms with Gasteiger partial charge in [-0.3, -0.25) is 5.10 Å². The Balaban J connectivity index is 1.62. The number of aromatic nitrogens is 3. The minimum absolute atomic E-state index is 0.268. The molecule has 0 unspecified atom stereocenters. The van der Waals surface area contributed by atoms with Gasteiger partial charge < -0.3 is 9.80 Å². The van der Waals surface area contributed by atoms with E-state index in [1.165, 1.54) is 22.5 Å². The van der Waals surface area contributed by atoms with Crippen molar-refractivity contribution >= 4 is 28.8 Å². The molecule has 0 saturated carbocycles. The highest BCUT2D eigenvalue weighted by molar-refractivity contribution is 7.13. The maximum absolute atomic E-state index is 4.63. The van der Waals surface area contributed by atoms with Crippen molar-refractivity contribution in [1.29, 1.82) is 0 Å². The fraction of sp³-hybridized carbons (Fsp3) is 0.231. The van der Waals surface area contributed by atoms with Crippen LogP contribution in [-0.2, 0) is 11.8 Å². The second kappa shape index (κ2) is 7.95. The number of thiazole rings is 1. The van der Waals surface area contributed by atoms with Crippen LogP contribution in [0.15, 0.2) is 66.2 Å². The third-order valence-electron chi connectivity index (χ3n) is 6.31. The zero-order chi connectivity index (χ0) is 22.3. The van der Waals surface area contributed by atoms with Crippen LogP contribution < -0.4 is 9.80 Å². The van der Waals surface area contributed by atoms with E-state index < -0.39 is 0 Å². The van der Waals surface area contributed by atoms with Crippen molar-refractivity contribution < 1.29 is 0 Å². The Morgan fingerprint density at radius 1 is 0.875 bits per heavy atom. The van der Waals surface area contributed by atoms with Gasteiger partial charge in [0.05, 0.1) is 0 Å². The molecule has 0 bridgehead atoms. The second-order valence-electron chi connectivity index (χ2n) is 8.67. The summed E-state index contributed by atoms with van der Waals surface area (Å²) in [6.45, 7) is 0. The van der Waals surface area contributed by atoms with Crippen molar-refractivity contribution in [2.75, 3.05) is 38.0 Å². The van der Waals surface area contributed by atoms with Crippen molar-refractivity contribution in [3.8, 4) is 10.7 Å². The first kappa shape index (κ1) is 20.5. The molecule has 2 aromatic heterocycles. The van der Waals surface area contributed by atoms with E-state index in [1.54, 1.807) is 11.3 Å². The molecule has 1 aliphatic carbocycles. The van der Waals surface area contributed by atoms with E-state index in [0.29, 0.717) is 0 Å². The number of hydrogen-bond acceptors (Lipinski definition) is 5. The number of allylic oxidation sites excluding steroid dienone is 1. The lowest BCUT2D eigenvalue weighted by Crippen LogP contribution is -2.30. The van der Waals surface area contributed by atoms with E-state index in [9.17, 15) is 0 Å². The third kappa shape index (κ3) is 3.41. The summed E-state index contributed by atoms with van der Waals surface area (Å²) in [7, 11) is 8.29. The molecule has 162 valence electrons. The van der Waals surface area contributed by atoms with Gasteiger partial charge in [-0.05, 0) is 35.4 Å². The lowest BCUT2D eigenvalue weighted by molar-refractivity contribution is 0.620. The molecule has 0 amide bonds. The summed E-state index contributed by atoms with van der Waals surface area (Å²) in [5.74, 6) is 0. The standard InChI is InChI=1S/C26H27N5S/c1-30(2)20-9-5-18(6-10-20)26(19-7-11-21(12-8-19)31(3)4)14-13-22-23(17-26)28-29-24(22)25-27-15-16-32-25/h5-16H,17H2,1-4H3,(H,28,29). The molecule has 1 N–H and O–H groups in total. The normalized spacial score (nSPS) is 14.2. The van der Waals surface area contributed by atoms with E-state index in [-0.39, 0.29) is 5.41 Å². The summed E-state index contributed by atoms with van der Waals surface area (Å²) >= 11 is 1.62. The van der Waals surface area contributed by atoms with Crippen LogP contribution in [0.25, 0.3) is 16.8 Å². The quantitative estimate of drug-likeness (QED) is 0.461. The van der Waals surface area contributed by atoms with Crippen molar-refractivity contribution in [1.82, 2.24) is 15.2 Å². The molecule has 5 nitrogen and oxygen atoms in total. The van der Waals surface area contributed by atoms with Gasteiger partial charge in [-0.2, -0.15) is 5.10 Å². The smallest absolute Gasteiger partial charge is 0.144 e. The molecule has 2 heterocycles. The number of rotatable bonds is 5. The van der Waals surface area contributed by atoms with Gasteiger partial charge in [0.15, 0.2) is 0 Å². The highest BCUT2D eigenvalue weighted by atomic mass is 32.1. The molecule has 0 spiro atoms. The minimum Gasteiger partial charge on any atom is -0.378 e. The molecular formula is C26H27N5S. The SMILES string of the molecule is CN(C)c1ccc(C2(c3ccc(N(C)C)cc3)C=Cc3c(-c4nccs4)n[nH]c3C2)cc1. The van der Waals surface area contributed by atoms with Gasteiger partial charge in [-0.1, -0.05) is 36.4 Å². The summed E-state index contributed by atoms with van der Waals surface area (Å²) in [5, 5.41) is 10.9. The van der Waals surface area contributed by atoms with Crippen LogP contribution in [0, 0.1) is 0 Å². The minimum atomic E-state index is -0.268. The van der Waals surface area contributed by atoms with E-state index in [2.05, 4.69) is 114 Å². The van der Waals surface area contributed by atoms with E-state index in [0.717, 1.165) is 28.4 Å². The van der Waals surface area contributed by atoms with Crippen LogP contribution in [0.4, 0.5) is 11.4 Å². The number of H-pyrrole nitrogens is 1. The highest BCUT2D eigenvalue weighted by Crippen LogP contribution is 2.43. The Bertz CT molecular complexity index is 1180. The molecule has 32 heavy (non-hydrogen) atoms. The van der Waals surface area contributed by atoms with Gasteiger partial charge in [0.25, 0.3) is 0 Å². The second-order valence-corrected chi connectivity index (χ2v) is 9.56. The third-order valence-corrected chi connectivity index (χ3v) is 7.09. The van der Waals surface area contributed by atoms with Crippen molar-refractivity contribution in [3.05, 3.63) is 88.6 Å². The fourth-order valence-corrected chi connectivity index (χ4v) is 5.08. The predicted octanol–water partition coefficient (Wildman–Crippen LogP) is 5.22. The zero-order valence-electron chi connectivity index (χ0n) is 18.8. The summed E-state index contributed by atoms with van der Waals surface area (Å²) in [4.78, 5) is 8.73. The number of nitrogens with one attached hydrogen (secondary N) is 1. The first-order valence-electron chi connectivity index (χ1n) is 10.7. The molecular weight excluding hydrogens is 414 g/mol. The Labute approximate surface area is 193 Å². The van der Waals surface area contributed by atoms with Gasteiger partial charge in [0.1, 0.15) is 10.7 Å². The molecule has 4 aromatic rings. The van der Waals surface area contributed by atoms with Gasteiger partial charge >= 0.3 is 0 Å². The number of hydrogen-bond donors (Lipinski definition) is 1. The Morgan fingerprint density at radius 3 is 1.97 bits per heavy atom. The van der Waals surface area contributed by atoms with Crippen molar-refractivity contribution in [2.45, 2.75) is 11.8 Å². The topological polar surface area (TPSA) is 48.1 Å². The Kier molecular flexibility index (Phi) is 5.10. The predicted molar refractivity (Wildman–Crippen MR) is 135 cm³/mol. The van der Waals surface area contributed by atoms with Crippen LogP contribution in [-0.4, -0.2) is 43.4 Å². The highest BCUT2D eigenvalue weighted by Gasteiger charge is 2.37. The molecule has 0 atom stereocenters. The molecule has 0 aliphatic heterocycles. The fourth-order valence-electron chi connectivity index (χ4n) is 4.45. The average Bonchev–Trinajstić information content (AvgIpc) is 3.48. The van der Waals surface area contributed by atoms with Gasteiger partial charge in [-0.15, -0.1) is 11.3 Å². The Morgan fingerprint density at radius 2 is 1.47 bits per heavy atom. The van der Waals surface area contributed by atoms with Gasteiger partial charge in [-0.25, -0.2) is 4.98 Å². The summed E-state index contributed by atoms with van der Waals surface area (Å²) < 4.78 is 0. The van der Waals surface area contributed by atoms with Crippen molar-refractivity contribution in [3.63, 3.8) is 0 Å². The van der Waals surface area contributed by atoms with Crippen molar-refractivity contribution in [2.24, 2.45) is 0 Å². The van der Waals surface area contributed by atoms with Gasteiger partial charge in [0, 0.05) is 74.2 Å². The number of anilines is 2. The summed E-state index contributed by atoms with van der Waals surface area (Å²) in [5.41, 5.74) is 7.89. The summed E-state index contributed by atoms with van der Waals surface area (Å²) in [6.07, 6.45) is 7.21. The average molecular weight is 442 g/mol. The van der Waals surface area contributed by atoms with Crippen LogP contribution in [0.2, 0.25) is 0 Å². The molecule has 5 rings (SSSR count). The van der Waals surface area contributed by atoms with E-state index >= 15 is 0 Å². The largest absolute Gasteiger partial charge is 0.378 e. The lowest BCUT2D eigenvalue weighted by atomic mass is 9.68. The molecule has 2 aromatic carbocycles. The summed E-state index contributed by atoms with van der Waals surface area (Å²) in [6, 6.07) is 17.8. The first-order chi connectivity index (χ1) is 15.5. The maximum atomic E-state index is 4.63. The number of nitrogens with zero attached hydrogens (tertiary/aromatic N) is 4. The zero-order valence-corrected chi connectivity index (χ0v) is 19.6. The molecule has 6 heteroatoms. The molecule has 0 radical (unpaired) electrons. The maximum Gasteiger partial charge on any atom is 0.144 e. The molecule has 1 aliphatic rings. The van der Waals surface area contributed by atoms with Crippen LogP contribution >= 0.6 is 11.3 Å². The van der Waals surface area contributed by atoms with Crippen LogP contribution in [0.1, 0.15) is 22.4 Å². The number of aromatic amines is 1. The van der Waals surface area contributed by atoms with E-state index in [4.69, 9.17) is 0 Å².